The van der Waals surface area contributed by atoms with E-state index in [-0.39, 0.29) is 0 Å². The summed E-state index contributed by atoms with van der Waals surface area (Å²) in [7, 11) is 2.67. The number of amides is 1. The quantitative estimate of drug-likeness (QED) is 0.257. The molecule has 0 spiro atoms. The standard InChI is InChI=1S/C5H6Br2ClNO3S/c1-9(4(8)11)13-5(6,7)3(10)12-2/h1-2H3. The third kappa shape index (κ3) is 4.53. The number of carbonyl (C=O) groups excluding carboxylic acids is 2. The molecule has 0 aromatic heterocycles. The fourth-order valence-corrected chi connectivity index (χ4v) is 2.67. The highest BCUT2D eigenvalue weighted by Crippen LogP contribution is 2.41. The first-order valence-corrected chi connectivity index (χ1v) is 5.63. The molecule has 8 heteroatoms. The van der Waals surface area contributed by atoms with Crippen molar-refractivity contribution in [2.75, 3.05) is 14.2 Å². The largest absolute Gasteiger partial charge is 0.467 e. The molecule has 0 bridgehead atoms. The van der Waals surface area contributed by atoms with Gasteiger partial charge in [-0.25, -0.2) is 4.79 Å². The molecule has 0 aliphatic heterocycles. The number of esters is 1. The zero-order valence-corrected chi connectivity index (χ0v) is 11.5. The number of methoxy groups -OCH3 is 1. The summed E-state index contributed by atoms with van der Waals surface area (Å²) in [6.07, 6.45) is 0. The Labute approximate surface area is 102 Å². The number of rotatable bonds is 3. The first kappa shape index (κ1) is 13.5. The van der Waals surface area contributed by atoms with Gasteiger partial charge in [-0.15, -0.1) is 0 Å². The Morgan fingerprint density at radius 1 is 1.54 bits per heavy atom. The average molecular weight is 355 g/mol. The minimum absolute atomic E-state index is 0.567. The summed E-state index contributed by atoms with van der Waals surface area (Å²) in [5, 5.41) is -0.683. The van der Waals surface area contributed by atoms with Crippen LogP contribution in [-0.4, -0.2) is 32.4 Å². The van der Waals surface area contributed by atoms with Gasteiger partial charge in [0.2, 0.25) is 2.57 Å². The van der Waals surface area contributed by atoms with Crippen LogP contribution in [0, 0.1) is 0 Å². The Morgan fingerprint density at radius 2 is 2.00 bits per heavy atom. The molecule has 13 heavy (non-hydrogen) atoms. The second-order valence-corrected chi connectivity index (χ2v) is 8.01. The van der Waals surface area contributed by atoms with E-state index in [1.807, 2.05) is 0 Å². The normalized spacial score (nSPS) is 10.8. The van der Waals surface area contributed by atoms with Gasteiger partial charge in [-0.05, 0) is 55.4 Å². The summed E-state index contributed by atoms with van der Waals surface area (Å²) < 4.78 is 4.36. The summed E-state index contributed by atoms with van der Waals surface area (Å²) in [5.74, 6) is -0.567. The van der Waals surface area contributed by atoms with E-state index >= 15 is 0 Å². The lowest BCUT2D eigenvalue weighted by molar-refractivity contribution is -0.138. The van der Waals surface area contributed by atoms with Crippen molar-refractivity contribution in [1.29, 1.82) is 0 Å². The van der Waals surface area contributed by atoms with Crippen LogP contribution in [0.5, 0.6) is 0 Å². The molecule has 0 aliphatic carbocycles. The van der Waals surface area contributed by atoms with Crippen LogP contribution in [0.3, 0.4) is 0 Å². The molecular formula is C5H6Br2ClNO3S. The minimum atomic E-state index is -1.19. The van der Waals surface area contributed by atoms with Gasteiger partial charge < -0.3 is 4.74 Å². The molecule has 0 N–H and O–H groups in total. The lowest BCUT2D eigenvalue weighted by Crippen LogP contribution is -2.28. The summed E-state index contributed by atoms with van der Waals surface area (Å²) in [6, 6.07) is 0. The van der Waals surface area contributed by atoms with Crippen LogP contribution in [0.4, 0.5) is 4.79 Å². The van der Waals surface area contributed by atoms with E-state index in [0.717, 1.165) is 16.3 Å². The molecule has 1 amide bonds. The monoisotopic (exact) mass is 353 g/mol. The number of hydrogen-bond acceptors (Lipinski definition) is 4. The first-order valence-electron chi connectivity index (χ1n) is 2.90. The van der Waals surface area contributed by atoms with Gasteiger partial charge in [0.1, 0.15) is 0 Å². The van der Waals surface area contributed by atoms with Crippen LogP contribution < -0.4 is 0 Å². The Morgan fingerprint density at radius 3 is 2.31 bits per heavy atom. The van der Waals surface area contributed by atoms with Crippen LogP contribution in [-0.2, 0) is 9.53 Å². The van der Waals surface area contributed by atoms with Crippen LogP contribution in [0.15, 0.2) is 0 Å². The lowest BCUT2D eigenvalue weighted by atomic mass is 10.8. The van der Waals surface area contributed by atoms with Gasteiger partial charge in [0.15, 0.2) is 0 Å². The number of hydrogen-bond donors (Lipinski definition) is 0. The highest BCUT2D eigenvalue weighted by Gasteiger charge is 2.37. The molecule has 0 saturated heterocycles. The van der Waals surface area contributed by atoms with Crippen molar-refractivity contribution in [2.24, 2.45) is 0 Å². The fourth-order valence-electron chi connectivity index (χ4n) is 0.364. The zero-order chi connectivity index (χ0) is 10.6. The van der Waals surface area contributed by atoms with Crippen molar-refractivity contribution in [3.05, 3.63) is 0 Å². The molecule has 0 radical (unpaired) electrons. The molecular weight excluding hydrogens is 349 g/mol. The molecule has 0 aromatic carbocycles. The topological polar surface area (TPSA) is 46.6 Å². The third-order valence-corrected chi connectivity index (χ3v) is 3.63. The van der Waals surface area contributed by atoms with Crippen molar-refractivity contribution < 1.29 is 14.3 Å². The van der Waals surface area contributed by atoms with Crippen molar-refractivity contribution in [3.63, 3.8) is 0 Å². The predicted molar refractivity (Wildman–Crippen MR) is 59.2 cm³/mol. The Bertz CT molecular complexity index is 226. The molecule has 0 rings (SSSR count). The van der Waals surface area contributed by atoms with Crippen LogP contribution in [0.2, 0.25) is 0 Å². The van der Waals surface area contributed by atoms with E-state index < -0.39 is 13.9 Å². The van der Waals surface area contributed by atoms with Crippen molar-refractivity contribution in [1.82, 2.24) is 4.31 Å². The Balaban J connectivity index is 4.32. The van der Waals surface area contributed by atoms with Gasteiger partial charge in [0.05, 0.1) is 7.11 Å². The van der Waals surface area contributed by atoms with Gasteiger partial charge in [-0.1, -0.05) is 0 Å². The maximum Gasteiger partial charge on any atom is 0.345 e. The zero-order valence-electron chi connectivity index (χ0n) is 6.71. The molecule has 0 saturated carbocycles. The number of halogens is 3. The lowest BCUT2D eigenvalue weighted by Gasteiger charge is -2.21. The molecule has 0 aliphatic rings. The van der Waals surface area contributed by atoms with Gasteiger partial charge in [0.25, 0.3) is 0 Å². The van der Waals surface area contributed by atoms with Gasteiger partial charge in [-0.2, -0.15) is 0 Å². The SMILES string of the molecule is COC(=O)C(Br)(Br)SN(C)C(=O)Cl. The fraction of sp³-hybridized carbons (Fsp3) is 0.600. The van der Waals surface area contributed by atoms with Crippen molar-refractivity contribution in [3.8, 4) is 0 Å². The second-order valence-electron chi connectivity index (χ2n) is 1.85. The van der Waals surface area contributed by atoms with Gasteiger partial charge >= 0.3 is 11.3 Å². The highest BCUT2D eigenvalue weighted by atomic mass is 79.9. The van der Waals surface area contributed by atoms with Crippen LogP contribution in [0.1, 0.15) is 0 Å². The smallest absolute Gasteiger partial charge is 0.345 e. The summed E-state index contributed by atoms with van der Waals surface area (Å²) in [5.41, 5.74) is 0. The third-order valence-electron chi connectivity index (χ3n) is 0.922. The molecule has 0 unspecified atom stereocenters. The minimum Gasteiger partial charge on any atom is -0.467 e. The molecule has 4 nitrogen and oxygen atoms in total. The van der Waals surface area contributed by atoms with E-state index in [1.54, 1.807) is 0 Å². The van der Waals surface area contributed by atoms with Crippen molar-refractivity contribution in [2.45, 2.75) is 2.57 Å². The van der Waals surface area contributed by atoms with Crippen molar-refractivity contribution >= 4 is 66.7 Å². The molecule has 0 aromatic rings. The summed E-state index contributed by atoms with van der Waals surface area (Å²) in [4.78, 5) is 21.7. The molecule has 0 heterocycles. The summed E-state index contributed by atoms with van der Waals surface area (Å²) >= 11 is 12.1. The molecule has 0 atom stereocenters. The first-order chi connectivity index (χ1) is 5.81. The maximum absolute atomic E-state index is 11.1. The van der Waals surface area contributed by atoms with E-state index in [2.05, 4.69) is 36.6 Å². The van der Waals surface area contributed by atoms with Crippen LogP contribution >= 0.6 is 55.4 Å². The van der Waals surface area contributed by atoms with Gasteiger partial charge in [-0.3, -0.25) is 9.10 Å². The van der Waals surface area contributed by atoms with E-state index in [4.69, 9.17) is 11.6 Å². The number of nitrogens with zero attached hydrogens (tertiary/aromatic N) is 1. The summed E-state index contributed by atoms with van der Waals surface area (Å²) in [6.45, 7) is 0. The van der Waals surface area contributed by atoms with Gasteiger partial charge in [0, 0.05) is 7.05 Å². The molecule has 76 valence electrons. The predicted octanol–water partition coefficient (Wildman–Crippen LogP) is 2.54. The Hall–Kier alpha value is 0.540. The maximum atomic E-state index is 11.1. The second kappa shape index (κ2) is 5.43. The Kier molecular flexibility index (Phi) is 5.65. The van der Waals surface area contributed by atoms with E-state index in [1.165, 1.54) is 14.2 Å². The number of carbonyl (C=O) groups is 2. The molecule has 0 fully saturated rings. The van der Waals surface area contributed by atoms with E-state index in [9.17, 15) is 9.59 Å². The van der Waals surface area contributed by atoms with E-state index in [0.29, 0.717) is 0 Å². The highest BCUT2D eigenvalue weighted by molar-refractivity contribution is 9.28. The van der Waals surface area contributed by atoms with Crippen LogP contribution in [0.25, 0.3) is 0 Å². The number of ether oxygens (including phenoxy) is 1. The average Bonchev–Trinajstić information content (AvgIpc) is 2.01. The number of alkyl halides is 2.